The van der Waals surface area contributed by atoms with E-state index in [2.05, 4.69) is 5.32 Å². The molecule has 1 heterocycles. The second kappa shape index (κ2) is 10.7. The van der Waals surface area contributed by atoms with Crippen molar-refractivity contribution in [3.8, 4) is 5.75 Å². The van der Waals surface area contributed by atoms with Crippen molar-refractivity contribution in [2.45, 2.75) is 39.7 Å². The van der Waals surface area contributed by atoms with Crippen LogP contribution >= 0.6 is 34.5 Å². The number of carbonyl (C=O) groups excluding carboxylic acids is 3. The van der Waals surface area contributed by atoms with Crippen LogP contribution in [-0.4, -0.2) is 30.5 Å². The summed E-state index contributed by atoms with van der Waals surface area (Å²) in [5, 5.41) is 3.76. The van der Waals surface area contributed by atoms with Gasteiger partial charge in [-0.2, -0.15) is 0 Å². The van der Waals surface area contributed by atoms with Gasteiger partial charge in [-0.25, -0.2) is 4.79 Å². The minimum absolute atomic E-state index is 0.105. The fourth-order valence-corrected chi connectivity index (χ4v) is 4.13. The van der Waals surface area contributed by atoms with E-state index in [-0.39, 0.29) is 40.5 Å². The van der Waals surface area contributed by atoms with E-state index < -0.39 is 11.9 Å². The molecule has 0 fully saturated rings. The lowest BCUT2D eigenvalue weighted by Crippen LogP contribution is -2.18. The molecule has 0 bridgehead atoms. The molecule has 2 amide bonds. The number of esters is 1. The maximum Gasteiger partial charge on any atom is 0.348 e. The van der Waals surface area contributed by atoms with Crippen LogP contribution in [0.3, 0.4) is 0 Å². The number of nitrogens with two attached hydrogens (primary N) is 1. The van der Waals surface area contributed by atoms with Gasteiger partial charge in [0.25, 0.3) is 5.91 Å². The van der Waals surface area contributed by atoms with Gasteiger partial charge in [0.2, 0.25) is 5.91 Å². The lowest BCUT2D eigenvalue weighted by atomic mass is 10.1. The first-order valence-corrected chi connectivity index (χ1v) is 10.7. The second-order valence-electron chi connectivity index (χ2n) is 6.65. The predicted octanol–water partition coefficient (Wildman–Crippen LogP) is 4.83. The van der Waals surface area contributed by atoms with Crippen molar-refractivity contribution in [3.63, 3.8) is 0 Å². The van der Waals surface area contributed by atoms with E-state index in [1.165, 1.54) is 0 Å². The number of anilines is 1. The summed E-state index contributed by atoms with van der Waals surface area (Å²) >= 11 is 12.8. The number of thiophene rings is 1. The smallest absolute Gasteiger partial charge is 0.348 e. The number of ether oxygens (including phenoxy) is 2. The van der Waals surface area contributed by atoms with Crippen molar-refractivity contribution >= 4 is 57.3 Å². The minimum Gasteiger partial charge on any atom is -0.492 e. The van der Waals surface area contributed by atoms with Gasteiger partial charge in [0.05, 0.1) is 23.3 Å². The normalized spacial score (nSPS) is 10.7. The summed E-state index contributed by atoms with van der Waals surface area (Å²) in [4.78, 5) is 36.6. The number of hydrogen-bond donors (Lipinski definition) is 2. The summed E-state index contributed by atoms with van der Waals surface area (Å²) in [5.41, 5.74) is 5.93. The molecule has 2 aromatic rings. The zero-order chi connectivity index (χ0) is 22.4. The molecule has 3 N–H and O–H groups in total. The molecule has 162 valence electrons. The summed E-state index contributed by atoms with van der Waals surface area (Å²) in [6.45, 7) is 5.29. The van der Waals surface area contributed by atoms with Crippen LogP contribution in [0.1, 0.15) is 52.3 Å². The molecule has 0 aliphatic carbocycles. The zero-order valence-electron chi connectivity index (χ0n) is 16.7. The predicted molar refractivity (Wildman–Crippen MR) is 118 cm³/mol. The average Bonchev–Trinajstić information content (AvgIpc) is 2.95. The van der Waals surface area contributed by atoms with E-state index in [1.807, 2.05) is 0 Å². The lowest BCUT2D eigenvalue weighted by molar-refractivity contribution is -0.116. The largest absolute Gasteiger partial charge is 0.492 e. The maximum absolute atomic E-state index is 12.3. The molecular formula is C20H22Cl2N2O5S. The number of nitrogens with one attached hydrogen (secondary N) is 1. The van der Waals surface area contributed by atoms with Crippen molar-refractivity contribution in [1.82, 2.24) is 0 Å². The quantitative estimate of drug-likeness (QED) is 0.401. The zero-order valence-corrected chi connectivity index (χ0v) is 19.0. The van der Waals surface area contributed by atoms with Gasteiger partial charge in [0, 0.05) is 11.4 Å². The van der Waals surface area contributed by atoms with Crippen LogP contribution in [0.25, 0.3) is 0 Å². The van der Waals surface area contributed by atoms with Crippen LogP contribution in [0.5, 0.6) is 5.75 Å². The second-order valence-corrected chi connectivity index (χ2v) is 8.52. The number of halogens is 2. The van der Waals surface area contributed by atoms with E-state index >= 15 is 0 Å². The Morgan fingerprint density at radius 1 is 1.23 bits per heavy atom. The maximum atomic E-state index is 12.3. The molecule has 1 aromatic heterocycles. The van der Waals surface area contributed by atoms with Crippen molar-refractivity contribution in [3.05, 3.63) is 44.2 Å². The van der Waals surface area contributed by atoms with Gasteiger partial charge in [0.15, 0.2) is 0 Å². The Morgan fingerprint density at radius 3 is 2.53 bits per heavy atom. The van der Waals surface area contributed by atoms with Crippen LogP contribution in [0.15, 0.2) is 18.2 Å². The third kappa shape index (κ3) is 6.35. The third-order valence-electron chi connectivity index (χ3n) is 3.87. The van der Waals surface area contributed by atoms with Crippen LogP contribution in [-0.2, 0) is 9.53 Å². The number of rotatable bonds is 9. The molecule has 0 aliphatic heterocycles. The van der Waals surface area contributed by atoms with E-state index in [1.54, 1.807) is 39.0 Å². The SMILES string of the molecule is Cc1c(C(=O)OC(C)C)sc(NC(=O)CCCOc2ccc(Cl)cc2Cl)c1C(N)=O. The molecule has 30 heavy (non-hydrogen) atoms. The Kier molecular flexibility index (Phi) is 8.52. The number of amides is 2. The van der Waals surface area contributed by atoms with Gasteiger partial charge in [-0.3, -0.25) is 9.59 Å². The molecule has 0 saturated heterocycles. The highest BCUT2D eigenvalue weighted by atomic mass is 35.5. The van der Waals surface area contributed by atoms with E-state index in [9.17, 15) is 14.4 Å². The molecular weight excluding hydrogens is 451 g/mol. The Morgan fingerprint density at radius 2 is 1.93 bits per heavy atom. The number of carbonyl (C=O) groups is 3. The fraction of sp³-hybridized carbons (Fsp3) is 0.350. The molecule has 10 heteroatoms. The summed E-state index contributed by atoms with van der Waals surface area (Å²) in [6.07, 6.45) is 0.221. The Labute approximate surface area is 188 Å². The average molecular weight is 473 g/mol. The summed E-state index contributed by atoms with van der Waals surface area (Å²) in [6, 6.07) is 4.87. The fourth-order valence-electron chi connectivity index (χ4n) is 2.56. The van der Waals surface area contributed by atoms with Crippen LogP contribution < -0.4 is 15.8 Å². The molecule has 0 saturated carbocycles. The van der Waals surface area contributed by atoms with Crippen molar-refractivity contribution in [2.24, 2.45) is 5.73 Å². The number of benzene rings is 1. The molecule has 0 spiro atoms. The Bertz CT molecular complexity index is 959. The van der Waals surface area contributed by atoms with Gasteiger partial charge in [-0.05, 0) is 51.0 Å². The van der Waals surface area contributed by atoms with Crippen molar-refractivity contribution < 1.29 is 23.9 Å². The first-order valence-electron chi connectivity index (χ1n) is 9.12. The van der Waals surface area contributed by atoms with E-state index in [4.69, 9.17) is 38.4 Å². The Balaban J connectivity index is 1.98. The molecule has 0 radical (unpaired) electrons. The summed E-state index contributed by atoms with van der Waals surface area (Å²) in [5.74, 6) is -1.17. The van der Waals surface area contributed by atoms with E-state index in [0.29, 0.717) is 27.8 Å². The molecule has 7 nitrogen and oxygen atoms in total. The highest BCUT2D eigenvalue weighted by Gasteiger charge is 2.25. The topological polar surface area (TPSA) is 108 Å². The lowest BCUT2D eigenvalue weighted by Gasteiger charge is -2.08. The summed E-state index contributed by atoms with van der Waals surface area (Å²) in [7, 11) is 0. The molecule has 0 atom stereocenters. The highest BCUT2D eigenvalue weighted by Crippen LogP contribution is 2.34. The minimum atomic E-state index is -0.733. The van der Waals surface area contributed by atoms with Gasteiger partial charge in [-0.1, -0.05) is 23.2 Å². The molecule has 0 aliphatic rings. The number of primary amides is 1. The third-order valence-corrected chi connectivity index (χ3v) is 5.59. The first kappa shape index (κ1) is 24.0. The van der Waals surface area contributed by atoms with Gasteiger partial charge in [-0.15, -0.1) is 11.3 Å². The van der Waals surface area contributed by atoms with Crippen molar-refractivity contribution in [1.29, 1.82) is 0 Å². The van der Waals surface area contributed by atoms with Gasteiger partial charge < -0.3 is 20.5 Å². The summed E-state index contributed by atoms with van der Waals surface area (Å²) < 4.78 is 10.7. The van der Waals surface area contributed by atoms with Crippen LogP contribution in [0, 0.1) is 6.92 Å². The molecule has 2 rings (SSSR count). The first-order chi connectivity index (χ1) is 14.1. The van der Waals surface area contributed by atoms with E-state index in [0.717, 1.165) is 11.3 Å². The highest BCUT2D eigenvalue weighted by molar-refractivity contribution is 7.18. The monoisotopic (exact) mass is 472 g/mol. The van der Waals surface area contributed by atoms with Crippen LogP contribution in [0.4, 0.5) is 5.00 Å². The van der Waals surface area contributed by atoms with Gasteiger partial charge >= 0.3 is 5.97 Å². The number of hydrogen-bond acceptors (Lipinski definition) is 6. The van der Waals surface area contributed by atoms with Crippen molar-refractivity contribution in [2.75, 3.05) is 11.9 Å². The van der Waals surface area contributed by atoms with Gasteiger partial charge in [0.1, 0.15) is 15.6 Å². The van der Waals surface area contributed by atoms with Crippen LogP contribution in [0.2, 0.25) is 10.0 Å². The molecule has 0 unspecified atom stereocenters. The Hall–Kier alpha value is -2.29. The standard InChI is InChI=1S/C20H22Cl2N2O5S/c1-10(2)29-20(27)17-11(3)16(18(23)26)19(30-17)24-15(25)5-4-8-28-14-7-6-12(21)9-13(14)22/h6-7,9-10H,4-5,8H2,1-3H3,(H2,23,26)(H,24,25). The molecule has 1 aromatic carbocycles.